The molecule has 2 nitrogen and oxygen atoms in total. The molecule has 0 saturated carbocycles. The lowest BCUT2D eigenvalue weighted by atomic mass is 9.86. The first-order valence-corrected chi connectivity index (χ1v) is 6.34. The van der Waals surface area contributed by atoms with E-state index < -0.39 is 0 Å². The van der Waals surface area contributed by atoms with Gasteiger partial charge >= 0.3 is 0 Å². The largest absolute Gasteiger partial charge is 0.353 e. The summed E-state index contributed by atoms with van der Waals surface area (Å²) >= 11 is 5.86. The Labute approximate surface area is 103 Å². The number of nitrogens with zero attached hydrogens (tertiary/aromatic N) is 2. The second-order valence-corrected chi connectivity index (χ2v) is 5.48. The van der Waals surface area contributed by atoms with Gasteiger partial charge in [0.25, 0.3) is 0 Å². The molecule has 0 spiro atoms. The zero-order valence-electron chi connectivity index (χ0n) is 10.2. The van der Waals surface area contributed by atoms with Crippen molar-refractivity contribution in [3.63, 3.8) is 0 Å². The van der Waals surface area contributed by atoms with Crippen LogP contribution in [0.5, 0.6) is 0 Å². The molecule has 1 fully saturated rings. The summed E-state index contributed by atoms with van der Waals surface area (Å²) in [5, 5.41) is 0.703. The van der Waals surface area contributed by atoms with Gasteiger partial charge in [-0.05, 0) is 37.3 Å². The molecule has 3 atom stereocenters. The van der Waals surface area contributed by atoms with Gasteiger partial charge in [-0.2, -0.15) is 0 Å². The Kier molecular flexibility index (Phi) is 3.38. The number of anilines is 1. The first kappa shape index (κ1) is 11.7. The SMILES string of the molecule is CC1CC(C)C(C)N(c2ccc(Cl)cn2)C1. The van der Waals surface area contributed by atoms with E-state index in [9.17, 15) is 0 Å². The third-order valence-electron chi connectivity index (χ3n) is 3.60. The van der Waals surface area contributed by atoms with Crippen LogP contribution < -0.4 is 4.90 Å². The molecule has 3 unspecified atom stereocenters. The van der Waals surface area contributed by atoms with E-state index in [4.69, 9.17) is 11.6 Å². The first-order chi connectivity index (χ1) is 7.58. The number of aromatic nitrogens is 1. The van der Waals surface area contributed by atoms with Crippen LogP contribution in [0.4, 0.5) is 5.82 Å². The molecular weight excluding hydrogens is 220 g/mol. The maximum absolute atomic E-state index is 5.86. The molecule has 0 N–H and O–H groups in total. The predicted octanol–water partition coefficient (Wildman–Crippen LogP) is 3.61. The molecule has 1 aliphatic heterocycles. The number of hydrogen-bond acceptors (Lipinski definition) is 2. The van der Waals surface area contributed by atoms with Crippen LogP contribution in [0.1, 0.15) is 27.2 Å². The number of hydrogen-bond donors (Lipinski definition) is 0. The molecule has 1 aromatic rings. The molecule has 3 heteroatoms. The highest BCUT2D eigenvalue weighted by molar-refractivity contribution is 6.30. The van der Waals surface area contributed by atoms with Gasteiger partial charge < -0.3 is 4.90 Å². The van der Waals surface area contributed by atoms with Gasteiger partial charge in [-0.1, -0.05) is 25.4 Å². The minimum atomic E-state index is 0.560. The van der Waals surface area contributed by atoms with Crippen LogP contribution >= 0.6 is 11.6 Å². The van der Waals surface area contributed by atoms with Crippen LogP contribution in [0.25, 0.3) is 0 Å². The zero-order chi connectivity index (χ0) is 11.7. The summed E-state index contributed by atoms with van der Waals surface area (Å²) in [6.45, 7) is 8.02. The first-order valence-electron chi connectivity index (χ1n) is 5.96. The molecule has 88 valence electrons. The van der Waals surface area contributed by atoms with Crippen molar-refractivity contribution in [1.29, 1.82) is 0 Å². The fourth-order valence-corrected chi connectivity index (χ4v) is 2.67. The van der Waals surface area contributed by atoms with Crippen molar-refractivity contribution in [3.05, 3.63) is 23.4 Å². The molecule has 1 aromatic heterocycles. The smallest absolute Gasteiger partial charge is 0.128 e. The lowest BCUT2D eigenvalue weighted by Gasteiger charge is -2.41. The van der Waals surface area contributed by atoms with E-state index in [-0.39, 0.29) is 0 Å². The fraction of sp³-hybridized carbons (Fsp3) is 0.615. The Bertz CT molecular complexity index is 349. The van der Waals surface area contributed by atoms with Crippen molar-refractivity contribution in [3.8, 4) is 0 Å². The monoisotopic (exact) mass is 238 g/mol. The summed E-state index contributed by atoms with van der Waals surface area (Å²) in [5.41, 5.74) is 0. The fourth-order valence-electron chi connectivity index (χ4n) is 2.56. The quantitative estimate of drug-likeness (QED) is 0.743. The second-order valence-electron chi connectivity index (χ2n) is 5.05. The third-order valence-corrected chi connectivity index (χ3v) is 3.83. The second kappa shape index (κ2) is 4.62. The van der Waals surface area contributed by atoms with Gasteiger partial charge in [0.1, 0.15) is 5.82 Å². The summed E-state index contributed by atoms with van der Waals surface area (Å²) in [6, 6.07) is 4.49. The van der Waals surface area contributed by atoms with Gasteiger partial charge in [-0.25, -0.2) is 4.98 Å². The Hall–Kier alpha value is -0.760. The number of halogens is 1. The number of pyridine rings is 1. The van der Waals surface area contributed by atoms with Crippen molar-refractivity contribution in [2.24, 2.45) is 11.8 Å². The van der Waals surface area contributed by atoms with Gasteiger partial charge in [-0.3, -0.25) is 0 Å². The van der Waals surface area contributed by atoms with Crippen molar-refractivity contribution in [2.75, 3.05) is 11.4 Å². The summed E-state index contributed by atoms with van der Waals surface area (Å²) in [7, 11) is 0. The molecule has 0 aromatic carbocycles. The highest BCUT2D eigenvalue weighted by Gasteiger charge is 2.29. The van der Waals surface area contributed by atoms with Crippen LogP contribution in [0.2, 0.25) is 5.02 Å². The maximum atomic E-state index is 5.86. The highest BCUT2D eigenvalue weighted by Crippen LogP contribution is 2.30. The normalized spacial score (nSPS) is 30.5. The van der Waals surface area contributed by atoms with Crippen molar-refractivity contribution < 1.29 is 0 Å². The van der Waals surface area contributed by atoms with Crippen LogP contribution in [-0.2, 0) is 0 Å². The van der Waals surface area contributed by atoms with E-state index in [1.54, 1.807) is 6.20 Å². The van der Waals surface area contributed by atoms with E-state index in [1.807, 2.05) is 12.1 Å². The summed E-state index contributed by atoms with van der Waals surface area (Å²) in [5.74, 6) is 2.51. The van der Waals surface area contributed by atoms with Gasteiger partial charge in [0.2, 0.25) is 0 Å². The van der Waals surface area contributed by atoms with Gasteiger partial charge in [-0.15, -0.1) is 0 Å². The van der Waals surface area contributed by atoms with E-state index in [1.165, 1.54) is 6.42 Å². The molecule has 16 heavy (non-hydrogen) atoms. The van der Waals surface area contributed by atoms with E-state index in [0.717, 1.165) is 24.2 Å². The minimum absolute atomic E-state index is 0.560. The lowest BCUT2D eigenvalue weighted by Crippen LogP contribution is -2.46. The zero-order valence-corrected chi connectivity index (χ0v) is 10.9. The summed E-state index contributed by atoms with van der Waals surface area (Å²) in [6.07, 6.45) is 3.04. The average molecular weight is 239 g/mol. The molecule has 0 radical (unpaired) electrons. The number of piperidine rings is 1. The minimum Gasteiger partial charge on any atom is -0.353 e. The van der Waals surface area contributed by atoms with Crippen LogP contribution in [0.15, 0.2) is 18.3 Å². The predicted molar refractivity (Wildman–Crippen MR) is 69.0 cm³/mol. The Morgan fingerprint density at radius 3 is 2.69 bits per heavy atom. The van der Waals surface area contributed by atoms with Crippen LogP contribution in [-0.4, -0.2) is 17.6 Å². The summed E-state index contributed by atoms with van der Waals surface area (Å²) in [4.78, 5) is 6.81. The Morgan fingerprint density at radius 1 is 1.31 bits per heavy atom. The van der Waals surface area contributed by atoms with Gasteiger partial charge in [0, 0.05) is 18.8 Å². The van der Waals surface area contributed by atoms with Crippen LogP contribution in [0, 0.1) is 11.8 Å². The van der Waals surface area contributed by atoms with Crippen molar-refractivity contribution in [2.45, 2.75) is 33.2 Å². The third kappa shape index (κ3) is 2.32. The molecule has 1 saturated heterocycles. The highest BCUT2D eigenvalue weighted by atomic mass is 35.5. The molecule has 1 aliphatic rings. The standard InChI is InChI=1S/C13H19ClN2/c1-9-6-10(2)11(3)16(8-9)13-5-4-12(14)7-15-13/h4-5,7,9-11H,6,8H2,1-3H3. The molecule has 0 bridgehead atoms. The van der Waals surface area contributed by atoms with E-state index in [0.29, 0.717) is 11.1 Å². The van der Waals surface area contributed by atoms with Gasteiger partial charge in [0.05, 0.1) is 5.02 Å². The molecular formula is C13H19ClN2. The van der Waals surface area contributed by atoms with Crippen LogP contribution in [0.3, 0.4) is 0 Å². The van der Waals surface area contributed by atoms with E-state index in [2.05, 4.69) is 30.7 Å². The van der Waals surface area contributed by atoms with Gasteiger partial charge in [0.15, 0.2) is 0 Å². The van der Waals surface area contributed by atoms with E-state index >= 15 is 0 Å². The topological polar surface area (TPSA) is 16.1 Å². The molecule has 2 rings (SSSR count). The average Bonchev–Trinajstić information content (AvgIpc) is 2.25. The van der Waals surface area contributed by atoms with Crippen molar-refractivity contribution >= 4 is 17.4 Å². The Balaban J connectivity index is 2.21. The molecule has 0 amide bonds. The summed E-state index contributed by atoms with van der Waals surface area (Å²) < 4.78 is 0. The van der Waals surface area contributed by atoms with Crippen molar-refractivity contribution in [1.82, 2.24) is 4.98 Å². The number of rotatable bonds is 1. The molecule has 0 aliphatic carbocycles. The molecule has 2 heterocycles. The lowest BCUT2D eigenvalue weighted by molar-refractivity contribution is 0.295. The Morgan fingerprint density at radius 2 is 2.06 bits per heavy atom. The maximum Gasteiger partial charge on any atom is 0.128 e.